The normalized spacial score (nSPS) is 13.9. The highest BCUT2D eigenvalue weighted by molar-refractivity contribution is 9.11. The van der Waals surface area contributed by atoms with E-state index in [1.807, 2.05) is 6.07 Å². The molecule has 1 N–H and O–H groups in total. The predicted octanol–water partition coefficient (Wildman–Crippen LogP) is 2.17. The number of nitrogens with zero attached hydrogens (tertiary/aromatic N) is 1. The highest BCUT2D eigenvalue weighted by Crippen LogP contribution is 2.21. The first-order valence-electron chi connectivity index (χ1n) is 4.47. The van der Waals surface area contributed by atoms with E-state index in [-0.39, 0.29) is 12.5 Å². The fourth-order valence-corrected chi connectivity index (χ4v) is 2.27. The molecule has 4 nitrogen and oxygen atoms in total. The lowest BCUT2D eigenvalue weighted by atomic mass is 10.1. The Morgan fingerprint density at radius 3 is 2.94 bits per heavy atom. The quantitative estimate of drug-likeness (QED) is 0.927. The Balaban J connectivity index is 2.74. The zero-order chi connectivity index (χ0) is 12.2. The minimum Gasteiger partial charge on any atom is -0.381 e. The fraction of sp³-hybridized carbons (Fsp3) is 0.400. The van der Waals surface area contributed by atoms with E-state index in [1.165, 1.54) is 18.4 Å². The van der Waals surface area contributed by atoms with Crippen LogP contribution in [0, 0.1) is 11.3 Å². The topological polar surface area (TPSA) is 62.1 Å². The molecule has 0 fully saturated rings. The minimum atomic E-state index is -1.000. The van der Waals surface area contributed by atoms with Crippen LogP contribution in [0.2, 0.25) is 0 Å². The molecule has 6 heteroatoms. The maximum Gasteiger partial charge on any atom is 0.253 e. The van der Waals surface area contributed by atoms with Gasteiger partial charge in [-0.25, -0.2) is 0 Å². The average molecular weight is 303 g/mol. The largest absolute Gasteiger partial charge is 0.381 e. The zero-order valence-corrected chi connectivity index (χ0v) is 11.3. The molecule has 0 aliphatic carbocycles. The van der Waals surface area contributed by atoms with Gasteiger partial charge in [0.1, 0.15) is 5.54 Å². The van der Waals surface area contributed by atoms with E-state index in [4.69, 9.17) is 10.00 Å². The van der Waals surface area contributed by atoms with Crippen molar-refractivity contribution >= 4 is 33.2 Å². The maximum absolute atomic E-state index is 11.8. The third-order valence-electron chi connectivity index (χ3n) is 1.90. The second-order valence-electron chi connectivity index (χ2n) is 3.47. The van der Waals surface area contributed by atoms with Gasteiger partial charge in [0.25, 0.3) is 5.91 Å². The van der Waals surface area contributed by atoms with Gasteiger partial charge in [0.2, 0.25) is 0 Å². The Morgan fingerprint density at radius 1 is 1.81 bits per heavy atom. The van der Waals surface area contributed by atoms with Crippen LogP contribution >= 0.6 is 27.3 Å². The molecule has 0 bridgehead atoms. The first-order valence-corrected chi connectivity index (χ1v) is 6.15. The van der Waals surface area contributed by atoms with Gasteiger partial charge in [-0.3, -0.25) is 4.79 Å². The summed E-state index contributed by atoms with van der Waals surface area (Å²) in [7, 11) is 1.49. The summed E-state index contributed by atoms with van der Waals surface area (Å²) >= 11 is 4.70. The van der Waals surface area contributed by atoms with Gasteiger partial charge in [0, 0.05) is 12.5 Å². The van der Waals surface area contributed by atoms with Crippen LogP contribution in [0.5, 0.6) is 0 Å². The van der Waals surface area contributed by atoms with Crippen molar-refractivity contribution in [1.29, 1.82) is 5.26 Å². The molecule has 1 rings (SSSR count). The van der Waals surface area contributed by atoms with E-state index >= 15 is 0 Å². The molecule has 1 aromatic heterocycles. The van der Waals surface area contributed by atoms with Gasteiger partial charge in [0.15, 0.2) is 0 Å². The molecule has 0 saturated heterocycles. The molecule has 1 unspecified atom stereocenters. The van der Waals surface area contributed by atoms with Crippen molar-refractivity contribution in [2.75, 3.05) is 13.7 Å². The molecule has 0 saturated carbocycles. The van der Waals surface area contributed by atoms with Gasteiger partial charge >= 0.3 is 0 Å². The van der Waals surface area contributed by atoms with E-state index in [1.54, 1.807) is 18.4 Å². The second kappa shape index (κ2) is 5.43. The summed E-state index contributed by atoms with van der Waals surface area (Å²) < 4.78 is 5.77. The standard InChI is InChI=1S/C10H11BrN2O2S/c1-10(5-12,6-15-2)13-9(14)7-3-8(11)16-4-7/h3-4H,6H2,1-2H3,(H,13,14). The number of methoxy groups -OCH3 is 1. The number of halogens is 1. The van der Waals surface area contributed by atoms with Crippen molar-refractivity contribution < 1.29 is 9.53 Å². The smallest absolute Gasteiger partial charge is 0.253 e. The zero-order valence-electron chi connectivity index (χ0n) is 8.91. The summed E-state index contributed by atoms with van der Waals surface area (Å²) in [5.41, 5.74) is -0.463. The molecule has 1 heterocycles. The molecule has 0 aliphatic heterocycles. The van der Waals surface area contributed by atoms with Gasteiger partial charge < -0.3 is 10.1 Å². The van der Waals surface area contributed by atoms with Crippen LogP contribution in [0.1, 0.15) is 17.3 Å². The first-order chi connectivity index (χ1) is 7.50. The number of hydrogen-bond acceptors (Lipinski definition) is 4. The maximum atomic E-state index is 11.8. The number of amides is 1. The SMILES string of the molecule is COCC(C)(C#N)NC(=O)c1csc(Br)c1. The van der Waals surface area contributed by atoms with Crippen molar-refractivity contribution in [1.82, 2.24) is 5.32 Å². The van der Waals surface area contributed by atoms with Gasteiger partial charge in [0.05, 0.1) is 22.0 Å². The van der Waals surface area contributed by atoms with Crippen molar-refractivity contribution in [3.05, 3.63) is 20.8 Å². The van der Waals surface area contributed by atoms with E-state index in [2.05, 4.69) is 21.2 Å². The van der Waals surface area contributed by atoms with Crippen LogP contribution in [-0.2, 0) is 4.74 Å². The molecule has 0 spiro atoms. The van der Waals surface area contributed by atoms with Crippen LogP contribution in [0.4, 0.5) is 0 Å². The lowest BCUT2D eigenvalue weighted by Gasteiger charge is -2.21. The minimum absolute atomic E-state index is 0.153. The third-order valence-corrected chi connectivity index (χ3v) is 3.40. The summed E-state index contributed by atoms with van der Waals surface area (Å²) in [6.45, 7) is 1.77. The van der Waals surface area contributed by atoms with Crippen LogP contribution in [0.3, 0.4) is 0 Å². The van der Waals surface area contributed by atoms with E-state index in [9.17, 15) is 4.79 Å². The summed E-state index contributed by atoms with van der Waals surface area (Å²) in [6, 6.07) is 3.73. The summed E-state index contributed by atoms with van der Waals surface area (Å²) in [5.74, 6) is -0.275. The predicted molar refractivity (Wildman–Crippen MR) is 65.4 cm³/mol. The highest BCUT2D eigenvalue weighted by Gasteiger charge is 2.26. The lowest BCUT2D eigenvalue weighted by molar-refractivity contribution is 0.0860. The monoisotopic (exact) mass is 302 g/mol. The van der Waals surface area contributed by atoms with E-state index < -0.39 is 5.54 Å². The van der Waals surface area contributed by atoms with Crippen molar-refractivity contribution in [2.45, 2.75) is 12.5 Å². The molecule has 16 heavy (non-hydrogen) atoms. The molecular formula is C10H11BrN2O2S. The highest BCUT2D eigenvalue weighted by atomic mass is 79.9. The van der Waals surface area contributed by atoms with Crippen LogP contribution in [-0.4, -0.2) is 25.2 Å². The number of thiophene rings is 1. The molecule has 0 aliphatic rings. The second-order valence-corrected chi connectivity index (χ2v) is 5.76. The molecular weight excluding hydrogens is 292 g/mol. The van der Waals surface area contributed by atoms with Crippen molar-refractivity contribution in [2.24, 2.45) is 0 Å². The van der Waals surface area contributed by atoms with Crippen molar-refractivity contribution in [3.63, 3.8) is 0 Å². The van der Waals surface area contributed by atoms with Gasteiger partial charge in [-0.1, -0.05) is 0 Å². The van der Waals surface area contributed by atoms with Gasteiger partial charge in [-0.2, -0.15) is 5.26 Å². The Bertz CT molecular complexity index is 427. The number of hydrogen-bond donors (Lipinski definition) is 1. The Morgan fingerprint density at radius 2 is 2.50 bits per heavy atom. The molecule has 1 aromatic rings. The van der Waals surface area contributed by atoms with Gasteiger partial charge in [-0.15, -0.1) is 11.3 Å². The third kappa shape index (κ3) is 3.30. The van der Waals surface area contributed by atoms with E-state index in [0.717, 1.165) is 3.79 Å². The number of carbonyl (C=O) groups is 1. The van der Waals surface area contributed by atoms with Crippen LogP contribution < -0.4 is 5.32 Å². The molecule has 86 valence electrons. The van der Waals surface area contributed by atoms with Crippen LogP contribution in [0.15, 0.2) is 15.2 Å². The van der Waals surface area contributed by atoms with Crippen LogP contribution in [0.25, 0.3) is 0 Å². The molecule has 1 amide bonds. The number of nitriles is 1. The van der Waals surface area contributed by atoms with E-state index in [0.29, 0.717) is 5.56 Å². The molecule has 0 aromatic carbocycles. The molecule has 0 radical (unpaired) electrons. The fourth-order valence-electron chi connectivity index (χ4n) is 1.14. The number of rotatable bonds is 4. The van der Waals surface area contributed by atoms with Crippen molar-refractivity contribution in [3.8, 4) is 6.07 Å². The number of carbonyl (C=O) groups excluding carboxylic acids is 1. The first kappa shape index (κ1) is 13.2. The Hall–Kier alpha value is -0.900. The molecule has 1 atom stereocenters. The number of nitrogens with one attached hydrogen (secondary N) is 1. The average Bonchev–Trinajstić information content (AvgIpc) is 2.65. The number of ether oxygens (including phenoxy) is 1. The Labute approximate surface area is 106 Å². The lowest BCUT2D eigenvalue weighted by Crippen LogP contribution is -2.48. The summed E-state index contributed by atoms with van der Waals surface area (Å²) in [6.07, 6.45) is 0. The summed E-state index contributed by atoms with van der Waals surface area (Å²) in [5, 5.41) is 13.3. The summed E-state index contributed by atoms with van der Waals surface area (Å²) in [4.78, 5) is 11.8. The Kier molecular flexibility index (Phi) is 4.47. The van der Waals surface area contributed by atoms with Gasteiger partial charge in [-0.05, 0) is 28.9 Å².